The third-order valence-corrected chi connectivity index (χ3v) is 2.43. The molecule has 0 aliphatic carbocycles. The Morgan fingerprint density at radius 3 is 2.21 bits per heavy atom. The predicted molar refractivity (Wildman–Crippen MR) is 68.2 cm³/mol. The summed E-state index contributed by atoms with van der Waals surface area (Å²) in [5, 5.41) is 0. The van der Waals surface area contributed by atoms with Gasteiger partial charge in [-0.15, -0.1) is 0 Å². The summed E-state index contributed by atoms with van der Waals surface area (Å²) < 4.78 is 36.6. The Labute approximate surface area is 109 Å². The molecule has 0 atom stereocenters. The molecular formula is C14H13F2NO2. The summed E-state index contributed by atoms with van der Waals surface area (Å²) in [6.45, 7) is 0.277. The van der Waals surface area contributed by atoms with Gasteiger partial charge in [-0.1, -0.05) is 18.2 Å². The Morgan fingerprint density at radius 1 is 0.842 bits per heavy atom. The fourth-order valence-electron chi connectivity index (χ4n) is 1.51. The van der Waals surface area contributed by atoms with E-state index in [-0.39, 0.29) is 19.0 Å². The van der Waals surface area contributed by atoms with E-state index in [0.717, 1.165) is 6.07 Å². The van der Waals surface area contributed by atoms with Crippen molar-refractivity contribution in [2.24, 2.45) is 0 Å². The number of anilines is 1. The van der Waals surface area contributed by atoms with E-state index < -0.39 is 11.6 Å². The van der Waals surface area contributed by atoms with E-state index in [1.54, 1.807) is 24.3 Å². The largest absolute Gasteiger partial charge is 0.488 e. The molecule has 3 nitrogen and oxygen atoms in total. The molecule has 0 aliphatic heterocycles. The van der Waals surface area contributed by atoms with E-state index >= 15 is 0 Å². The van der Waals surface area contributed by atoms with Crippen LogP contribution in [-0.4, -0.2) is 13.2 Å². The summed E-state index contributed by atoms with van der Waals surface area (Å²) in [6.07, 6.45) is 0. The molecular weight excluding hydrogens is 252 g/mol. The van der Waals surface area contributed by atoms with Crippen LogP contribution >= 0.6 is 0 Å². The highest BCUT2D eigenvalue weighted by Crippen LogP contribution is 2.21. The van der Waals surface area contributed by atoms with Gasteiger partial charge in [-0.2, -0.15) is 4.39 Å². The van der Waals surface area contributed by atoms with E-state index in [2.05, 4.69) is 0 Å². The van der Waals surface area contributed by atoms with E-state index in [4.69, 9.17) is 15.2 Å². The molecule has 19 heavy (non-hydrogen) atoms. The minimum Gasteiger partial charge on any atom is -0.488 e. The van der Waals surface area contributed by atoms with Crippen molar-refractivity contribution in [3.8, 4) is 11.5 Å². The van der Waals surface area contributed by atoms with Crippen LogP contribution in [0, 0.1) is 11.6 Å². The molecule has 2 aromatic carbocycles. The first-order valence-electron chi connectivity index (χ1n) is 5.72. The average Bonchev–Trinajstić information content (AvgIpc) is 2.41. The molecule has 0 aliphatic rings. The summed E-state index contributed by atoms with van der Waals surface area (Å²) in [7, 11) is 0. The van der Waals surface area contributed by atoms with Crippen LogP contribution in [0.3, 0.4) is 0 Å². The fraction of sp³-hybridized carbons (Fsp3) is 0.143. The molecule has 0 saturated heterocycles. The van der Waals surface area contributed by atoms with E-state index in [1.807, 2.05) is 0 Å². The molecule has 0 bridgehead atoms. The van der Waals surface area contributed by atoms with Crippen LogP contribution in [0.25, 0.3) is 0 Å². The first-order chi connectivity index (χ1) is 9.18. The summed E-state index contributed by atoms with van der Waals surface area (Å²) in [4.78, 5) is 0. The van der Waals surface area contributed by atoms with Gasteiger partial charge in [0, 0.05) is 0 Å². The van der Waals surface area contributed by atoms with Crippen molar-refractivity contribution in [2.45, 2.75) is 0 Å². The first-order valence-corrected chi connectivity index (χ1v) is 5.72. The highest BCUT2D eigenvalue weighted by molar-refractivity contribution is 5.51. The third-order valence-electron chi connectivity index (χ3n) is 2.43. The summed E-state index contributed by atoms with van der Waals surface area (Å²) in [5.74, 6) is -1.54. The molecule has 0 amide bonds. The minimum absolute atomic E-state index is 0.0920. The van der Waals surface area contributed by atoms with Crippen LogP contribution in [0.2, 0.25) is 0 Å². The van der Waals surface area contributed by atoms with Crippen molar-refractivity contribution >= 4 is 5.69 Å². The average molecular weight is 265 g/mol. The van der Waals surface area contributed by atoms with Crippen molar-refractivity contribution in [2.75, 3.05) is 18.9 Å². The summed E-state index contributed by atoms with van der Waals surface area (Å²) >= 11 is 0. The zero-order valence-electron chi connectivity index (χ0n) is 10.1. The first kappa shape index (κ1) is 13.1. The zero-order valence-corrected chi connectivity index (χ0v) is 10.1. The molecule has 0 saturated carbocycles. The lowest BCUT2D eigenvalue weighted by Gasteiger charge is -2.10. The second-order valence-corrected chi connectivity index (χ2v) is 3.79. The van der Waals surface area contributed by atoms with E-state index in [1.165, 1.54) is 12.1 Å². The molecule has 0 unspecified atom stereocenters. The topological polar surface area (TPSA) is 44.5 Å². The number of hydrogen-bond donors (Lipinski definition) is 1. The molecule has 2 N–H and O–H groups in total. The van der Waals surface area contributed by atoms with Crippen LogP contribution in [0.15, 0.2) is 42.5 Å². The van der Waals surface area contributed by atoms with Crippen molar-refractivity contribution in [1.82, 2.24) is 0 Å². The van der Waals surface area contributed by atoms with Gasteiger partial charge in [0.15, 0.2) is 11.6 Å². The summed E-state index contributed by atoms with van der Waals surface area (Å²) in [6, 6.07) is 10.8. The number of rotatable bonds is 5. The Kier molecular flexibility index (Phi) is 4.18. The highest BCUT2D eigenvalue weighted by Gasteiger charge is 2.08. The number of nitrogens with two attached hydrogens (primary N) is 1. The normalized spacial score (nSPS) is 10.2. The van der Waals surface area contributed by atoms with Gasteiger partial charge in [-0.3, -0.25) is 0 Å². The fourth-order valence-corrected chi connectivity index (χ4v) is 1.51. The van der Waals surface area contributed by atoms with Crippen molar-refractivity contribution in [3.05, 3.63) is 54.1 Å². The van der Waals surface area contributed by atoms with Crippen molar-refractivity contribution < 1.29 is 18.3 Å². The second kappa shape index (κ2) is 6.04. The van der Waals surface area contributed by atoms with Crippen molar-refractivity contribution in [1.29, 1.82) is 0 Å². The lowest BCUT2D eigenvalue weighted by atomic mass is 10.3. The van der Waals surface area contributed by atoms with Gasteiger partial charge in [0.1, 0.15) is 19.0 Å². The minimum atomic E-state index is -0.998. The maximum atomic E-state index is 13.3. The lowest BCUT2D eigenvalue weighted by molar-refractivity contribution is 0.210. The Bertz CT molecular complexity index is 561. The lowest BCUT2D eigenvalue weighted by Crippen LogP contribution is -2.10. The molecule has 0 aromatic heterocycles. The smallest absolute Gasteiger partial charge is 0.200 e. The van der Waals surface area contributed by atoms with Gasteiger partial charge in [-0.25, -0.2) is 4.39 Å². The van der Waals surface area contributed by atoms with Gasteiger partial charge < -0.3 is 15.2 Å². The molecule has 100 valence electrons. The molecule has 0 fully saturated rings. The molecule has 0 heterocycles. The van der Waals surface area contributed by atoms with Gasteiger partial charge in [-0.05, 0) is 24.3 Å². The number of benzene rings is 2. The van der Waals surface area contributed by atoms with Gasteiger partial charge >= 0.3 is 0 Å². The second-order valence-electron chi connectivity index (χ2n) is 3.79. The van der Waals surface area contributed by atoms with Crippen LogP contribution in [0.1, 0.15) is 0 Å². The number of nitrogen functional groups attached to an aromatic ring is 1. The number of hydrogen-bond acceptors (Lipinski definition) is 3. The zero-order chi connectivity index (χ0) is 13.7. The predicted octanol–water partition coefficient (Wildman–Crippen LogP) is 3.00. The molecule has 2 rings (SSSR count). The number of para-hydroxylation sites is 2. The standard InChI is InChI=1S/C14H13F2NO2/c15-10-4-3-7-13(14(10)16)19-9-8-18-12-6-2-1-5-11(12)17/h1-7H,8-9,17H2. The van der Waals surface area contributed by atoms with E-state index in [9.17, 15) is 8.78 Å². The van der Waals surface area contributed by atoms with Crippen LogP contribution in [0.5, 0.6) is 11.5 Å². The molecule has 0 spiro atoms. The monoisotopic (exact) mass is 265 g/mol. The molecule has 5 heteroatoms. The molecule has 0 radical (unpaired) electrons. The van der Waals surface area contributed by atoms with Crippen molar-refractivity contribution in [3.63, 3.8) is 0 Å². The summed E-state index contributed by atoms with van der Waals surface area (Å²) in [5.41, 5.74) is 6.20. The van der Waals surface area contributed by atoms with Crippen LogP contribution in [-0.2, 0) is 0 Å². The highest BCUT2D eigenvalue weighted by atomic mass is 19.2. The maximum Gasteiger partial charge on any atom is 0.200 e. The van der Waals surface area contributed by atoms with Gasteiger partial charge in [0.25, 0.3) is 0 Å². The Balaban J connectivity index is 1.84. The van der Waals surface area contributed by atoms with E-state index in [0.29, 0.717) is 11.4 Å². The van der Waals surface area contributed by atoms with Crippen LogP contribution in [0.4, 0.5) is 14.5 Å². The Morgan fingerprint density at radius 2 is 1.47 bits per heavy atom. The maximum absolute atomic E-state index is 13.3. The SMILES string of the molecule is Nc1ccccc1OCCOc1cccc(F)c1F. The number of ether oxygens (including phenoxy) is 2. The number of halogens is 2. The van der Waals surface area contributed by atoms with Gasteiger partial charge in [0.05, 0.1) is 5.69 Å². The molecule has 2 aromatic rings. The Hall–Kier alpha value is -2.30. The van der Waals surface area contributed by atoms with Gasteiger partial charge in [0.2, 0.25) is 5.82 Å². The van der Waals surface area contributed by atoms with Crippen LogP contribution < -0.4 is 15.2 Å². The quantitative estimate of drug-likeness (QED) is 0.667. The third kappa shape index (κ3) is 3.34.